The van der Waals surface area contributed by atoms with Gasteiger partial charge in [-0.05, 0) is 24.2 Å². The molecule has 0 aromatic heterocycles. The first kappa shape index (κ1) is 13.5. The van der Waals surface area contributed by atoms with E-state index in [1.807, 2.05) is 6.92 Å². The number of hydrogen-bond acceptors (Lipinski definition) is 2. The van der Waals surface area contributed by atoms with Crippen molar-refractivity contribution in [2.75, 3.05) is 6.61 Å². The van der Waals surface area contributed by atoms with Crippen LogP contribution in [0.3, 0.4) is 0 Å². The van der Waals surface area contributed by atoms with Crippen molar-refractivity contribution in [2.24, 2.45) is 10.8 Å². The van der Waals surface area contributed by atoms with E-state index in [1.165, 1.54) is 0 Å². The first-order chi connectivity index (χ1) is 6.16. The summed E-state index contributed by atoms with van der Waals surface area (Å²) in [6, 6.07) is 0. The Morgan fingerprint density at radius 3 is 2.00 bits per heavy atom. The third kappa shape index (κ3) is 6.93. The standard InChI is InChI=1S/C12H24O2/c1-7-14-10(13)8-12(5,6)9-11(2,3)4/h7-9H2,1-6H3. The Bertz CT molecular complexity index is 187. The molecular weight excluding hydrogens is 176 g/mol. The summed E-state index contributed by atoms with van der Waals surface area (Å²) in [5.41, 5.74) is 0.292. The largest absolute Gasteiger partial charge is 0.466 e. The van der Waals surface area contributed by atoms with Gasteiger partial charge in [-0.15, -0.1) is 0 Å². The Balaban J connectivity index is 4.13. The molecule has 0 rings (SSSR count). The normalized spacial score (nSPS) is 12.7. The minimum absolute atomic E-state index is 0.0322. The van der Waals surface area contributed by atoms with Gasteiger partial charge in [0.05, 0.1) is 13.0 Å². The maximum Gasteiger partial charge on any atom is 0.306 e. The maximum absolute atomic E-state index is 11.3. The molecule has 0 amide bonds. The van der Waals surface area contributed by atoms with E-state index in [1.54, 1.807) is 0 Å². The van der Waals surface area contributed by atoms with Crippen molar-refractivity contribution >= 4 is 5.97 Å². The fourth-order valence-electron chi connectivity index (χ4n) is 2.10. The molecule has 0 N–H and O–H groups in total. The first-order valence-electron chi connectivity index (χ1n) is 5.32. The Kier molecular flexibility index (Phi) is 4.63. The van der Waals surface area contributed by atoms with Crippen LogP contribution in [0.1, 0.15) is 54.4 Å². The molecule has 0 saturated heterocycles. The lowest BCUT2D eigenvalue weighted by atomic mass is 9.74. The van der Waals surface area contributed by atoms with Crippen LogP contribution < -0.4 is 0 Å². The van der Waals surface area contributed by atoms with E-state index in [0.717, 1.165) is 6.42 Å². The fourth-order valence-corrected chi connectivity index (χ4v) is 2.10. The SMILES string of the molecule is CCOC(=O)CC(C)(C)CC(C)(C)C. The highest BCUT2D eigenvalue weighted by molar-refractivity contribution is 5.70. The molecule has 0 atom stereocenters. The molecule has 14 heavy (non-hydrogen) atoms. The van der Waals surface area contributed by atoms with Gasteiger partial charge in [0.2, 0.25) is 0 Å². The van der Waals surface area contributed by atoms with Crippen molar-refractivity contribution in [3.63, 3.8) is 0 Å². The van der Waals surface area contributed by atoms with Crippen LogP contribution in [-0.2, 0) is 9.53 Å². The predicted octanol–water partition coefficient (Wildman–Crippen LogP) is 3.40. The lowest BCUT2D eigenvalue weighted by Gasteiger charge is -2.31. The van der Waals surface area contributed by atoms with E-state index in [2.05, 4.69) is 34.6 Å². The average molecular weight is 200 g/mol. The third-order valence-electron chi connectivity index (χ3n) is 1.94. The lowest BCUT2D eigenvalue weighted by Crippen LogP contribution is -2.24. The van der Waals surface area contributed by atoms with E-state index in [4.69, 9.17) is 4.74 Å². The van der Waals surface area contributed by atoms with Crippen LogP contribution >= 0.6 is 0 Å². The number of carbonyl (C=O) groups is 1. The van der Waals surface area contributed by atoms with Gasteiger partial charge in [0.25, 0.3) is 0 Å². The predicted molar refractivity (Wildman–Crippen MR) is 59.1 cm³/mol. The van der Waals surface area contributed by atoms with Gasteiger partial charge in [-0.1, -0.05) is 34.6 Å². The van der Waals surface area contributed by atoms with E-state index < -0.39 is 0 Å². The zero-order chi connectivity index (χ0) is 11.4. The van der Waals surface area contributed by atoms with Crippen LogP contribution in [0.25, 0.3) is 0 Å². The summed E-state index contributed by atoms with van der Waals surface area (Å²) >= 11 is 0. The van der Waals surface area contributed by atoms with Gasteiger partial charge in [-0.3, -0.25) is 4.79 Å². The van der Waals surface area contributed by atoms with Gasteiger partial charge in [0.1, 0.15) is 0 Å². The van der Waals surface area contributed by atoms with Crippen molar-refractivity contribution in [3.05, 3.63) is 0 Å². The minimum Gasteiger partial charge on any atom is -0.466 e. The van der Waals surface area contributed by atoms with Crippen molar-refractivity contribution in [1.29, 1.82) is 0 Å². The number of esters is 1. The molecule has 0 spiro atoms. The molecule has 84 valence electrons. The Morgan fingerprint density at radius 2 is 1.64 bits per heavy atom. The van der Waals surface area contributed by atoms with Crippen LogP contribution in [0.5, 0.6) is 0 Å². The van der Waals surface area contributed by atoms with Crippen LogP contribution in [-0.4, -0.2) is 12.6 Å². The molecule has 0 aromatic carbocycles. The average Bonchev–Trinajstić information content (AvgIpc) is 1.78. The smallest absolute Gasteiger partial charge is 0.306 e. The lowest BCUT2D eigenvalue weighted by molar-refractivity contribution is -0.145. The molecular formula is C12H24O2. The summed E-state index contributed by atoms with van der Waals surface area (Å²) in [5.74, 6) is -0.0817. The summed E-state index contributed by atoms with van der Waals surface area (Å²) < 4.78 is 4.95. The Morgan fingerprint density at radius 1 is 1.14 bits per heavy atom. The molecule has 2 nitrogen and oxygen atoms in total. The third-order valence-corrected chi connectivity index (χ3v) is 1.94. The molecule has 0 aliphatic carbocycles. The second-order valence-corrected chi connectivity index (χ2v) is 5.88. The summed E-state index contributed by atoms with van der Waals surface area (Å²) in [6.07, 6.45) is 1.54. The highest BCUT2D eigenvalue weighted by Crippen LogP contribution is 2.35. The topological polar surface area (TPSA) is 26.3 Å². The van der Waals surface area contributed by atoms with Gasteiger partial charge in [-0.2, -0.15) is 0 Å². The summed E-state index contributed by atoms with van der Waals surface area (Å²) in [7, 11) is 0. The maximum atomic E-state index is 11.3. The van der Waals surface area contributed by atoms with Crippen LogP contribution in [0.2, 0.25) is 0 Å². The zero-order valence-corrected chi connectivity index (χ0v) is 10.4. The minimum atomic E-state index is -0.0817. The van der Waals surface area contributed by atoms with Crippen LogP contribution in [0.4, 0.5) is 0 Å². The van der Waals surface area contributed by atoms with Crippen molar-refractivity contribution < 1.29 is 9.53 Å². The molecule has 0 aliphatic rings. The molecule has 0 fully saturated rings. The summed E-state index contributed by atoms with van der Waals surface area (Å²) in [6.45, 7) is 13.1. The molecule has 2 heteroatoms. The van der Waals surface area contributed by atoms with E-state index in [-0.39, 0.29) is 16.8 Å². The number of hydrogen-bond donors (Lipinski definition) is 0. The second kappa shape index (κ2) is 4.81. The number of carbonyl (C=O) groups excluding carboxylic acids is 1. The summed E-state index contributed by atoms with van der Waals surface area (Å²) in [5, 5.41) is 0. The van der Waals surface area contributed by atoms with Crippen LogP contribution in [0.15, 0.2) is 0 Å². The zero-order valence-electron chi connectivity index (χ0n) is 10.4. The van der Waals surface area contributed by atoms with Crippen molar-refractivity contribution in [1.82, 2.24) is 0 Å². The number of rotatable bonds is 4. The number of ether oxygens (including phenoxy) is 1. The second-order valence-electron chi connectivity index (χ2n) is 5.88. The first-order valence-corrected chi connectivity index (χ1v) is 5.32. The molecule has 0 heterocycles. The molecule has 0 bridgehead atoms. The van der Waals surface area contributed by atoms with Crippen LogP contribution in [0, 0.1) is 10.8 Å². The van der Waals surface area contributed by atoms with Gasteiger partial charge in [0, 0.05) is 0 Å². The van der Waals surface area contributed by atoms with E-state index >= 15 is 0 Å². The highest BCUT2D eigenvalue weighted by Gasteiger charge is 2.28. The fraction of sp³-hybridized carbons (Fsp3) is 0.917. The van der Waals surface area contributed by atoms with Gasteiger partial charge < -0.3 is 4.74 Å². The molecule has 0 saturated carbocycles. The monoisotopic (exact) mass is 200 g/mol. The van der Waals surface area contributed by atoms with Gasteiger partial charge in [-0.25, -0.2) is 0 Å². The van der Waals surface area contributed by atoms with Gasteiger partial charge >= 0.3 is 5.97 Å². The highest BCUT2D eigenvalue weighted by atomic mass is 16.5. The van der Waals surface area contributed by atoms with Crippen molar-refractivity contribution in [3.8, 4) is 0 Å². The molecule has 0 aromatic rings. The summed E-state index contributed by atoms with van der Waals surface area (Å²) in [4.78, 5) is 11.3. The van der Waals surface area contributed by atoms with E-state index in [0.29, 0.717) is 13.0 Å². The van der Waals surface area contributed by atoms with Gasteiger partial charge in [0.15, 0.2) is 0 Å². The van der Waals surface area contributed by atoms with Crippen molar-refractivity contribution in [2.45, 2.75) is 54.4 Å². The van der Waals surface area contributed by atoms with E-state index in [9.17, 15) is 4.79 Å². The quantitative estimate of drug-likeness (QED) is 0.650. The molecule has 0 unspecified atom stereocenters. The Labute approximate surface area is 88.0 Å². The molecule has 0 aliphatic heterocycles. The molecule has 0 radical (unpaired) electrons. The Hall–Kier alpha value is -0.530.